The Hall–Kier alpha value is -1.94. The molecule has 2 atom stereocenters. The highest BCUT2D eigenvalue weighted by Crippen LogP contribution is 2.43. The number of fused-ring (bicyclic) bond motifs is 1. The average Bonchev–Trinajstić information content (AvgIpc) is 2.67. The molecule has 102 valence electrons. The van der Waals surface area contributed by atoms with Gasteiger partial charge >= 0.3 is 0 Å². The molecule has 3 nitrogen and oxygen atoms in total. The SMILES string of the molecule is CC1(c2ccc(F)cc2)NC(=O)C2=CC=C(Cl)C(=O)C21. The molecule has 0 saturated carbocycles. The van der Waals surface area contributed by atoms with Crippen LogP contribution >= 0.6 is 11.6 Å². The number of hydrogen-bond acceptors (Lipinski definition) is 2. The largest absolute Gasteiger partial charge is 0.342 e. The van der Waals surface area contributed by atoms with Crippen LogP contribution in [0.25, 0.3) is 0 Å². The molecule has 0 aromatic heterocycles. The van der Waals surface area contributed by atoms with E-state index in [9.17, 15) is 14.0 Å². The first-order valence-electron chi connectivity index (χ1n) is 6.13. The first-order valence-corrected chi connectivity index (χ1v) is 6.51. The van der Waals surface area contributed by atoms with E-state index in [2.05, 4.69) is 5.32 Å². The van der Waals surface area contributed by atoms with Crippen molar-refractivity contribution in [3.05, 3.63) is 58.4 Å². The van der Waals surface area contributed by atoms with Crippen molar-refractivity contribution in [1.82, 2.24) is 5.32 Å². The maximum absolute atomic E-state index is 13.1. The van der Waals surface area contributed by atoms with Gasteiger partial charge in [0.2, 0.25) is 5.91 Å². The highest BCUT2D eigenvalue weighted by atomic mass is 35.5. The van der Waals surface area contributed by atoms with E-state index >= 15 is 0 Å². The molecule has 1 heterocycles. The highest BCUT2D eigenvalue weighted by molar-refractivity contribution is 6.44. The maximum atomic E-state index is 13.1. The molecule has 0 bridgehead atoms. The summed E-state index contributed by atoms with van der Waals surface area (Å²) in [7, 11) is 0. The van der Waals surface area contributed by atoms with Crippen molar-refractivity contribution >= 4 is 23.3 Å². The van der Waals surface area contributed by atoms with Crippen molar-refractivity contribution in [3.63, 3.8) is 0 Å². The Morgan fingerprint density at radius 1 is 1.20 bits per heavy atom. The highest BCUT2D eigenvalue weighted by Gasteiger charge is 2.52. The maximum Gasteiger partial charge on any atom is 0.248 e. The third-order valence-corrected chi connectivity index (χ3v) is 4.19. The fourth-order valence-corrected chi connectivity index (χ4v) is 2.99. The number of ketones is 1. The topological polar surface area (TPSA) is 46.2 Å². The standard InChI is InChI=1S/C15H11ClFNO2/c1-15(8-2-4-9(17)5-3-8)12-10(14(20)18-15)6-7-11(16)13(12)19/h2-7,12H,1H3,(H,18,20). The summed E-state index contributed by atoms with van der Waals surface area (Å²) >= 11 is 5.89. The molecule has 1 amide bonds. The number of amides is 1. The Morgan fingerprint density at radius 3 is 2.50 bits per heavy atom. The van der Waals surface area contributed by atoms with E-state index < -0.39 is 11.5 Å². The van der Waals surface area contributed by atoms with Crippen LogP contribution in [-0.4, -0.2) is 11.7 Å². The van der Waals surface area contributed by atoms with Gasteiger partial charge < -0.3 is 5.32 Å². The van der Waals surface area contributed by atoms with Gasteiger partial charge in [-0.2, -0.15) is 0 Å². The summed E-state index contributed by atoms with van der Waals surface area (Å²) < 4.78 is 13.1. The summed E-state index contributed by atoms with van der Waals surface area (Å²) in [5.41, 5.74) is 0.147. The van der Waals surface area contributed by atoms with Crippen LogP contribution in [-0.2, 0) is 15.1 Å². The second kappa shape index (κ2) is 4.28. The molecular formula is C15H11ClFNO2. The molecule has 1 N–H and O–H groups in total. The number of benzene rings is 1. The summed E-state index contributed by atoms with van der Waals surface area (Å²) in [5.74, 6) is -1.65. The van der Waals surface area contributed by atoms with Crippen LogP contribution in [0.1, 0.15) is 12.5 Å². The van der Waals surface area contributed by atoms with Crippen LogP contribution < -0.4 is 5.32 Å². The molecule has 1 aliphatic carbocycles. The van der Waals surface area contributed by atoms with Gasteiger partial charge in [0.15, 0.2) is 5.78 Å². The minimum atomic E-state index is -0.915. The van der Waals surface area contributed by atoms with Crippen molar-refractivity contribution in [2.24, 2.45) is 5.92 Å². The number of carbonyl (C=O) groups is 2. The Labute approximate surface area is 120 Å². The smallest absolute Gasteiger partial charge is 0.248 e. The summed E-state index contributed by atoms with van der Waals surface area (Å²) in [6.07, 6.45) is 3.00. The fraction of sp³-hybridized carbons (Fsp3) is 0.200. The lowest BCUT2D eigenvalue weighted by atomic mass is 9.75. The van der Waals surface area contributed by atoms with E-state index in [1.54, 1.807) is 25.1 Å². The van der Waals surface area contributed by atoms with Crippen LogP contribution in [0.2, 0.25) is 0 Å². The third kappa shape index (κ3) is 1.72. The van der Waals surface area contributed by atoms with Crippen molar-refractivity contribution in [2.75, 3.05) is 0 Å². The van der Waals surface area contributed by atoms with E-state index in [0.717, 1.165) is 0 Å². The van der Waals surface area contributed by atoms with Gasteiger partial charge in [0, 0.05) is 5.57 Å². The Kier molecular flexibility index (Phi) is 2.80. The van der Waals surface area contributed by atoms with Crippen LogP contribution in [0.4, 0.5) is 4.39 Å². The number of Topliss-reactive ketones (excluding diaryl/α,β-unsaturated/α-hetero) is 1. The Morgan fingerprint density at radius 2 is 1.85 bits per heavy atom. The predicted molar refractivity (Wildman–Crippen MR) is 72.4 cm³/mol. The number of hydrogen-bond donors (Lipinski definition) is 1. The molecule has 5 heteroatoms. The summed E-state index contributed by atoms with van der Waals surface area (Å²) in [6, 6.07) is 5.74. The quantitative estimate of drug-likeness (QED) is 0.864. The zero-order valence-corrected chi connectivity index (χ0v) is 11.4. The number of rotatable bonds is 1. The Bertz CT molecular complexity index is 678. The lowest BCUT2D eigenvalue weighted by Gasteiger charge is -2.31. The summed E-state index contributed by atoms with van der Waals surface area (Å²) in [4.78, 5) is 24.3. The van der Waals surface area contributed by atoms with Gasteiger partial charge in [-0.05, 0) is 30.7 Å². The molecule has 0 radical (unpaired) electrons. The predicted octanol–water partition coefficient (Wildman–Crippen LogP) is 2.42. The fourth-order valence-electron chi connectivity index (χ4n) is 2.82. The second-order valence-corrected chi connectivity index (χ2v) is 5.50. The summed E-state index contributed by atoms with van der Waals surface area (Å²) in [5, 5.41) is 2.92. The first-order chi connectivity index (χ1) is 9.43. The first kappa shape index (κ1) is 13.1. The average molecular weight is 292 g/mol. The Balaban J connectivity index is 2.13. The van der Waals surface area contributed by atoms with Gasteiger partial charge in [-0.25, -0.2) is 4.39 Å². The van der Waals surface area contributed by atoms with Gasteiger partial charge in [-0.15, -0.1) is 0 Å². The number of carbonyl (C=O) groups excluding carboxylic acids is 2. The van der Waals surface area contributed by atoms with Crippen LogP contribution in [0, 0.1) is 11.7 Å². The van der Waals surface area contributed by atoms with E-state index in [1.807, 2.05) is 0 Å². The van der Waals surface area contributed by atoms with E-state index in [4.69, 9.17) is 11.6 Å². The van der Waals surface area contributed by atoms with Gasteiger partial charge in [-0.1, -0.05) is 29.8 Å². The van der Waals surface area contributed by atoms with Gasteiger partial charge in [0.1, 0.15) is 5.82 Å². The normalized spacial score (nSPS) is 28.6. The molecule has 3 rings (SSSR count). The van der Waals surface area contributed by atoms with Crippen molar-refractivity contribution in [3.8, 4) is 0 Å². The monoisotopic (exact) mass is 291 g/mol. The van der Waals surface area contributed by atoms with Crippen molar-refractivity contribution in [1.29, 1.82) is 0 Å². The summed E-state index contributed by atoms with van der Waals surface area (Å²) in [6.45, 7) is 1.75. The van der Waals surface area contributed by atoms with Crippen LogP contribution in [0.15, 0.2) is 47.0 Å². The minimum Gasteiger partial charge on any atom is -0.342 e. The van der Waals surface area contributed by atoms with Crippen LogP contribution in [0.3, 0.4) is 0 Å². The van der Waals surface area contributed by atoms with Crippen LogP contribution in [0.5, 0.6) is 0 Å². The molecule has 0 spiro atoms. The van der Waals surface area contributed by atoms with Gasteiger partial charge in [0.05, 0.1) is 16.5 Å². The minimum absolute atomic E-state index is 0.101. The molecule has 1 aromatic rings. The van der Waals surface area contributed by atoms with E-state index in [-0.39, 0.29) is 22.5 Å². The van der Waals surface area contributed by atoms with Crippen molar-refractivity contribution in [2.45, 2.75) is 12.5 Å². The van der Waals surface area contributed by atoms with Crippen molar-refractivity contribution < 1.29 is 14.0 Å². The van der Waals surface area contributed by atoms with Gasteiger partial charge in [-0.3, -0.25) is 9.59 Å². The number of allylic oxidation sites excluding steroid dienone is 3. The molecule has 1 saturated heterocycles. The molecule has 20 heavy (non-hydrogen) atoms. The van der Waals surface area contributed by atoms with E-state index in [1.165, 1.54) is 18.2 Å². The molecular weight excluding hydrogens is 281 g/mol. The molecule has 2 aliphatic rings. The zero-order chi connectivity index (χ0) is 14.5. The molecule has 2 unspecified atom stereocenters. The second-order valence-electron chi connectivity index (χ2n) is 5.10. The lowest BCUT2D eigenvalue weighted by Crippen LogP contribution is -2.43. The number of nitrogens with one attached hydrogen (secondary N) is 1. The molecule has 1 aromatic carbocycles. The molecule has 1 aliphatic heterocycles. The molecule has 1 fully saturated rings. The zero-order valence-electron chi connectivity index (χ0n) is 10.6. The number of halogens is 2. The third-order valence-electron chi connectivity index (χ3n) is 3.87. The van der Waals surface area contributed by atoms with E-state index in [0.29, 0.717) is 11.1 Å². The lowest BCUT2D eigenvalue weighted by molar-refractivity contribution is -0.119. The van der Waals surface area contributed by atoms with Gasteiger partial charge in [0.25, 0.3) is 0 Å².